The number of hydrogen-bond acceptors (Lipinski definition) is 19. The minimum Gasteiger partial charge on any atom is -0.497 e. The Morgan fingerprint density at radius 3 is 1.45 bits per heavy atom. The number of nitrogens with zero attached hydrogens (tertiary/aromatic N) is 6. The van der Waals surface area contributed by atoms with Crippen LogP contribution in [0.25, 0.3) is 21.2 Å². The Morgan fingerprint density at radius 2 is 0.958 bits per heavy atom. The molecule has 2 unspecified atom stereocenters. The minimum absolute atomic E-state index is 0.00182. The predicted octanol–water partition coefficient (Wildman–Crippen LogP) is 11.2. The molecule has 1 fully saturated rings. The lowest BCUT2D eigenvalue weighted by Gasteiger charge is -2.24. The number of thioether (sulfide) groups is 4. The highest BCUT2D eigenvalue weighted by molar-refractivity contribution is 8.09. The third-order valence-electron chi connectivity index (χ3n) is 16.1. The number of fused-ring (bicyclic) bond motifs is 3. The van der Waals surface area contributed by atoms with Gasteiger partial charge in [0.1, 0.15) is 56.0 Å². The molecule has 16 nitrogen and oxygen atoms in total. The molecule has 0 radical (unpaired) electrons. The second-order valence-corrected chi connectivity index (χ2v) is 28.5. The van der Waals surface area contributed by atoms with E-state index in [0.29, 0.717) is 58.8 Å². The monoisotopic (exact) mass is 1390 g/mol. The third-order valence-corrected chi connectivity index (χ3v) is 24.2. The number of esters is 1. The molecule has 9 aromatic rings. The molecule has 1 amide bonds. The molecule has 7 aromatic carbocycles. The third kappa shape index (κ3) is 13.7. The number of para-hydroxylation sites is 1. The van der Waals surface area contributed by atoms with E-state index in [-0.39, 0.29) is 51.2 Å². The van der Waals surface area contributed by atoms with Crippen molar-refractivity contribution in [3.05, 3.63) is 260 Å². The smallest absolute Gasteiger partial charge is 0.345 e. The molecule has 488 valence electrons. The van der Waals surface area contributed by atoms with Crippen LogP contribution in [0.4, 0.5) is 17.1 Å². The molecule has 6 heterocycles. The lowest BCUT2D eigenvalue weighted by Crippen LogP contribution is -2.39. The summed E-state index contributed by atoms with van der Waals surface area (Å²) < 4.78 is 15.3. The molecule has 0 bridgehead atoms. The fraction of sp³-hybridized carbons (Fsp3) is 0.189. The zero-order chi connectivity index (χ0) is 68.1. The summed E-state index contributed by atoms with van der Waals surface area (Å²) in [6.07, 6.45) is 1.57. The summed E-state index contributed by atoms with van der Waals surface area (Å²) in [6, 6.07) is 55.2. The normalized spacial score (nSPS) is 17.0. The van der Waals surface area contributed by atoms with E-state index in [1.54, 1.807) is 135 Å². The van der Waals surface area contributed by atoms with E-state index in [0.717, 1.165) is 59.6 Å². The number of amides is 1. The van der Waals surface area contributed by atoms with Crippen molar-refractivity contribution in [2.45, 2.75) is 66.1 Å². The summed E-state index contributed by atoms with van der Waals surface area (Å²) in [6.45, 7) is 8.16. The van der Waals surface area contributed by atoms with Crippen molar-refractivity contribution in [3.63, 3.8) is 0 Å². The summed E-state index contributed by atoms with van der Waals surface area (Å²) in [5.74, 6) is -1.31. The van der Waals surface area contributed by atoms with Crippen molar-refractivity contribution in [1.82, 2.24) is 14.0 Å². The van der Waals surface area contributed by atoms with Gasteiger partial charge in [-0.3, -0.25) is 42.7 Å². The number of thiazole rings is 2. The zero-order valence-electron chi connectivity index (χ0n) is 53.9. The number of aryl methyl sites for hydroxylation is 1. The molecule has 13 rings (SSSR count). The molecule has 96 heavy (non-hydrogen) atoms. The van der Waals surface area contributed by atoms with Crippen molar-refractivity contribution in [2.75, 3.05) is 56.6 Å². The first-order valence-corrected chi connectivity index (χ1v) is 35.7. The number of carbonyl (C=O) groups is 6. The van der Waals surface area contributed by atoms with Crippen LogP contribution >= 0.6 is 69.7 Å². The lowest BCUT2D eigenvalue weighted by molar-refractivity contribution is -0.136. The van der Waals surface area contributed by atoms with Crippen molar-refractivity contribution in [1.29, 1.82) is 0 Å². The summed E-state index contributed by atoms with van der Waals surface area (Å²) >= 11 is 8.54. The van der Waals surface area contributed by atoms with E-state index in [4.69, 9.17) is 9.47 Å². The van der Waals surface area contributed by atoms with Gasteiger partial charge in [0.2, 0.25) is 11.7 Å². The van der Waals surface area contributed by atoms with Gasteiger partial charge < -0.3 is 29.1 Å². The second kappa shape index (κ2) is 29.9. The van der Waals surface area contributed by atoms with Crippen LogP contribution in [-0.2, 0) is 27.4 Å². The number of aromatic nitrogens is 2. The molecule has 0 saturated carbocycles. The molecule has 0 aliphatic carbocycles. The van der Waals surface area contributed by atoms with Crippen LogP contribution in [0.3, 0.4) is 0 Å². The maximum atomic E-state index is 13.8. The van der Waals surface area contributed by atoms with Gasteiger partial charge >= 0.3 is 5.97 Å². The number of benzene rings is 7. The van der Waals surface area contributed by atoms with Gasteiger partial charge in [-0.2, -0.15) is 0 Å². The molecule has 2 atom stereocenters. The first kappa shape index (κ1) is 68.2. The van der Waals surface area contributed by atoms with E-state index < -0.39 is 23.3 Å². The number of hydrogen-bond donors (Lipinski definition) is 0. The highest BCUT2D eigenvalue weighted by atomic mass is 32.2. The second-order valence-electron chi connectivity index (χ2n) is 22.1. The quantitative estimate of drug-likeness (QED) is 0.0434. The summed E-state index contributed by atoms with van der Waals surface area (Å²) in [4.78, 5) is 117. The van der Waals surface area contributed by atoms with Gasteiger partial charge in [0.05, 0.1) is 35.8 Å². The Labute approximate surface area is 579 Å². The molecular formula is C74H66N6O10S6. The fourth-order valence-electron chi connectivity index (χ4n) is 11.1. The minimum atomic E-state index is -0.724. The number of methoxy groups -OCH3 is 1. The van der Waals surface area contributed by atoms with Crippen LogP contribution in [-0.4, -0.2) is 102 Å². The van der Waals surface area contributed by atoms with Crippen molar-refractivity contribution < 1.29 is 38.2 Å². The van der Waals surface area contributed by atoms with E-state index >= 15 is 0 Å². The highest BCUT2D eigenvalue weighted by Crippen LogP contribution is 2.50. The predicted molar refractivity (Wildman–Crippen MR) is 390 cm³/mol. The summed E-state index contributed by atoms with van der Waals surface area (Å²) in [5.41, 5.74) is 5.47. The van der Waals surface area contributed by atoms with E-state index in [1.807, 2.05) is 125 Å². The summed E-state index contributed by atoms with van der Waals surface area (Å²) in [7, 11) is 9.20. The Balaban J connectivity index is 0.000000148. The largest absolute Gasteiger partial charge is 0.497 e. The van der Waals surface area contributed by atoms with Crippen LogP contribution < -0.4 is 48.9 Å². The first-order chi connectivity index (χ1) is 46.4. The molecular weight excluding hydrogens is 1330 g/mol. The van der Waals surface area contributed by atoms with Gasteiger partial charge in [-0.1, -0.05) is 187 Å². The Morgan fingerprint density at radius 1 is 0.500 bits per heavy atom. The van der Waals surface area contributed by atoms with Crippen LogP contribution in [0.2, 0.25) is 0 Å². The number of Topliss-reactive ketones (excluding diaryl/α,β-unsaturated/α-hetero) is 3. The maximum absolute atomic E-state index is 13.8. The number of carbonyl (C=O) groups excluding carboxylic acids is 6. The molecule has 22 heteroatoms. The Hall–Kier alpha value is -9.16. The van der Waals surface area contributed by atoms with Crippen LogP contribution in [0.5, 0.6) is 5.75 Å². The fourth-order valence-corrected chi connectivity index (χ4v) is 19.0. The van der Waals surface area contributed by atoms with Crippen LogP contribution in [0.15, 0.2) is 217 Å². The molecule has 0 N–H and O–H groups in total. The number of allylic oxidation sites excluding steroid dienone is 1. The average Bonchev–Trinajstić information content (AvgIpc) is 1.63. The van der Waals surface area contributed by atoms with Crippen LogP contribution in [0.1, 0.15) is 67.8 Å². The number of anilines is 3. The number of rotatable bonds is 14. The van der Waals surface area contributed by atoms with Gasteiger partial charge in [-0.15, -0.1) is 22.7 Å². The molecule has 1 saturated heterocycles. The molecule has 4 aliphatic rings. The van der Waals surface area contributed by atoms with Crippen molar-refractivity contribution in [2.24, 2.45) is 0 Å². The van der Waals surface area contributed by atoms with Gasteiger partial charge in [-0.25, -0.2) is 4.79 Å². The topological polar surface area (TPSA) is 178 Å². The zero-order valence-corrected chi connectivity index (χ0v) is 58.8. The summed E-state index contributed by atoms with van der Waals surface area (Å²) in [5, 5.41) is 2.03. The first-order valence-electron chi connectivity index (χ1n) is 30.7. The molecule has 4 aliphatic heterocycles. The van der Waals surface area contributed by atoms with E-state index in [9.17, 15) is 38.4 Å². The number of ketones is 4. The number of ether oxygens (including phenoxy) is 2. The standard InChI is InChI=1S/C29H24N2O4S2.C25H24N2O4S2.C20H18N2O2S2/c1-4-31-27(34)26(29-30(2)21-17-20(35-3)15-16-22(21)36-29)37-28(31)23(24(32)18-11-7-5-8-12-18)25(33)19-13-9-6-10-14-19;1-5-27-22(29)21(24-26(4)17-14-15(3)12-13-18(17)32-24)33-23(27)19(25(30)31-6-2)20(28)16-10-8-7-9-11-16;1-21-14-10-6-7-11-16(14)25-20(21)18-19(24)22(2)17(26-18)12-15(23)13-8-4-3-5-9-13/h5-17H,4H2,1-3H3;7-14H,5-6H2,1-4H3;3-12,18,20H,1-2H3/b29-26-;23-19-,24-21-;17-12+. The van der Waals surface area contributed by atoms with Gasteiger partial charge in [0, 0.05) is 90.4 Å². The SMILES string of the molecule is CCOC(=O)/C(C(=O)c1ccccc1)=c1\s/c(=C2\Sc3ccc(C)cc3N2C)c(=O)n1CC.CCn1c(=C(C(=O)c2ccccc2)C(=O)c2ccccc2)s/c(=C2\Sc3ccc(OC)cc3N2C)c1=O.CN1C(=O)C(C2Sc3ccccc3N2C)S/C1=C/C(=O)c1ccccc1. The molecule has 2 aromatic heterocycles. The Kier molecular flexibility index (Phi) is 21.2. The lowest BCUT2D eigenvalue weighted by atomic mass is 9.96. The van der Waals surface area contributed by atoms with Crippen molar-refractivity contribution in [3.8, 4) is 5.75 Å². The molecule has 0 spiro atoms. The van der Waals surface area contributed by atoms with Gasteiger partial charge in [-0.05, 0) is 69.7 Å². The van der Waals surface area contributed by atoms with Crippen LogP contribution in [0, 0.1) is 6.92 Å². The maximum Gasteiger partial charge on any atom is 0.345 e. The Bertz CT molecular complexity index is 4920. The van der Waals surface area contributed by atoms with E-state index in [1.165, 1.54) is 60.7 Å². The highest BCUT2D eigenvalue weighted by Gasteiger charge is 2.45. The van der Waals surface area contributed by atoms with Gasteiger partial charge in [0.15, 0.2) is 17.3 Å². The van der Waals surface area contributed by atoms with Gasteiger partial charge in [0.25, 0.3) is 11.1 Å². The van der Waals surface area contributed by atoms with E-state index in [2.05, 4.69) is 23.1 Å². The average molecular weight is 1390 g/mol. The van der Waals surface area contributed by atoms with Crippen molar-refractivity contribution >= 4 is 143 Å².